The Morgan fingerprint density at radius 2 is 1.85 bits per heavy atom. The molecular formula is C20H26N2O4S. The average molecular weight is 391 g/mol. The van der Waals surface area contributed by atoms with E-state index in [0.717, 1.165) is 30.4 Å². The molecule has 0 saturated heterocycles. The SMILES string of the molecule is CC(C)Oc1cccc(CCCNC(=O)c2cccc(NS(C)(=O)=O)c2)c1. The smallest absolute Gasteiger partial charge is 0.251 e. The Morgan fingerprint density at radius 3 is 2.56 bits per heavy atom. The van der Waals surface area contributed by atoms with Gasteiger partial charge in [-0.2, -0.15) is 0 Å². The van der Waals surface area contributed by atoms with Gasteiger partial charge in [0.1, 0.15) is 5.75 Å². The van der Waals surface area contributed by atoms with Gasteiger partial charge in [0.2, 0.25) is 10.0 Å². The van der Waals surface area contributed by atoms with Crippen LogP contribution in [0.25, 0.3) is 0 Å². The lowest BCUT2D eigenvalue weighted by Gasteiger charge is -2.11. The molecule has 2 aromatic rings. The van der Waals surface area contributed by atoms with E-state index in [1.54, 1.807) is 18.2 Å². The molecule has 0 heterocycles. The van der Waals surface area contributed by atoms with Crippen LogP contribution in [-0.2, 0) is 16.4 Å². The average Bonchev–Trinajstić information content (AvgIpc) is 2.57. The first-order valence-electron chi connectivity index (χ1n) is 8.84. The Bertz CT molecular complexity index is 879. The molecule has 0 aromatic heterocycles. The maximum Gasteiger partial charge on any atom is 0.251 e. The highest BCUT2D eigenvalue weighted by Crippen LogP contribution is 2.16. The van der Waals surface area contributed by atoms with E-state index < -0.39 is 10.0 Å². The predicted molar refractivity (Wildman–Crippen MR) is 108 cm³/mol. The van der Waals surface area contributed by atoms with Gasteiger partial charge in [0.25, 0.3) is 5.91 Å². The Hall–Kier alpha value is -2.54. The normalized spacial score (nSPS) is 11.3. The molecule has 0 radical (unpaired) electrons. The summed E-state index contributed by atoms with van der Waals surface area (Å²) in [5.41, 5.74) is 1.94. The fraction of sp³-hybridized carbons (Fsp3) is 0.350. The fourth-order valence-electron chi connectivity index (χ4n) is 2.58. The number of anilines is 1. The van der Waals surface area contributed by atoms with Crippen molar-refractivity contribution in [2.24, 2.45) is 0 Å². The van der Waals surface area contributed by atoms with Gasteiger partial charge >= 0.3 is 0 Å². The molecule has 0 bridgehead atoms. The van der Waals surface area contributed by atoms with Crippen LogP contribution in [-0.4, -0.2) is 33.2 Å². The lowest BCUT2D eigenvalue weighted by Crippen LogP contribution is -2.25. The Balaban J connectivity index is 1.83. The summed E-state index contributed by atoms with van der Waals surface area (Å²) in [4.78, 5) is 12.2. The minimum absolute atomic E-state index is 0.132. The summed E-state index contributed by atoms with van der Waals surface area (Å²) in [7, 11) is -3.37. The summed E-state index contributed by atoms with van der Waals surface area (Å²) in [6.45, 7) is 4.50. The summed E-state index contributed by atoms with van der Waals surface area (Å²) in [6.07, 6.45) is 2.82. The zero-order chi connectivity index (χ0) is 19.9. The Morgan fingerprint density at radius 1 is 1.11 bits per heavy atom. The minimum atomic E-state index is -3.37. The number of carbonyl (C=O) groups is 1. The first kappa shape index (κ1) is 20.8. The van der Waals surface area contributed by atoms with Crippen LogP contribution in [0.4, 0.5) is 5.69 Å². The molecule has 2 rings (SSSR count). The molecule has 2 aromatic carbocycles. The van der Waals surface area contributed by atoms with E-state index in [0.29, 0.717) is 17.8 Å². The molecule has 0 atom stereocenters. The van der Waals surface area contributed by atoms with Crippen LogP contribution in [0.2, 0.25) is 0 Å². The second-order valence-corrected chi connectivity index (χ2v) is 8.38. The predicted octanol–water partition coefficient (Wildman–Crippen LogP) is 3.21. The zero-order valence-corrected chi connectivity index (χ0v) is 16.7. The van der Waals surface area contributed by atoms with Crippen molar-refractivity contribution in [1.29, 1.82) is 0 Å². The van der Waals surface area contributed by atoms with E-state index in [1.807, 2.05) is 38.1 Å². The van der Waals surface area contributed by atoms with Crippen molar-refractivity contribution in [2.45, 2.75) is 32.8 Å². The molecule has 0 aliphatic rings. The molecule has 0 spiro atoms. The third-order valence-corrected chi connectivity index (χ3v) is 4.23. The van der Waals surface area contributed by atoms with Crippen LogP contribution < -0.4 is 14.8 Å². The van der Waals surface area contributed by atoms with Gasteiger partial charge < -0.3 is 10.1 Å². The lowest BCUT2D eigenvalue weighted by molar-refractivity contribution is 0.0953. The van der Waals surface area contributed by atoms with Gasteiger partial charge in [-0.15, -0.1) is 0 Å². The lowest BCUT2D eigenvalue weighted by atomic mass is 10.1. The second kappa shape index (κ2) is 9.41. The Labute approximate surface area is 161 Å². The van der Waals surface area contributed by atoms with E-state index in [1.165, 1.54) is 6.07 Å². The maximum absolute atomic E-state index is 12.2. The van der Waals surface area contributed by atoms with Crippen LogP contribution in [0.3, 0.4) is 0 Å². The van der Waals surface area contributed by atoms with Gasteiger partial charge in [-0.1, -0.05) is 18.2 Å². The highest BCUT2D eigenvalue weighted by atomic mass is 32.2. The third kappa shape index (κ3) is 7.70. The summed E-state index contributed by atoms with van der Waals surface area (Å²) >= 11 is 0. The van der Waals surface area contributed by atoms with Crippen LogP contribution in [0.1, 0.15) is 36.2 Å². The first-order valence-corrected chi connectivity index (χ1v) is 10.7. The van der Waals surface area contributed by atoms with E-state index in [-0.39, 0.29) is 12.0 Å². The van der Waals surface area contributed by atoms with Crippen LogP contribution in [0.5, 0.6) is 5.75 Å². The van der Waals surface area contributed by atoms with E-state index in [4.69, 9.17) is 4.74 Å². The summed E-state index contributed by atoms with van der Waals surface area (Å²) in [6, 6.07) is 14.4. The Kier molecular flexibility index (Phi) is 7.24. The molecule has 0 saturated carbocycles. The van der Waals surface area contributed by atoms with Crippen molar-refractivity contribution in [2.75, 3.05) is 17.5 Å². The summed E-state index contributed by atoms with van der Waals surface area (Å²) in [5.74, 6) is 0.616. The van der Waals surface area contributed by atoms with Crippen molar-refractivity contribution < 1.29 is 17.9 Å². The van der Waals surface area contributed by atoms with Crippen molar-refractivity contribution in [3.05, 3.63) is 59.7 Å². The number of sulfonamides is 1. The number of rotatable bonds is 9. The largest absolute Gasteiger partial charge is 0.491 e. The number of nitrogens with one attached hydrogen (secondary N) is 2. The minimum Gasteiger partial charge on any atom is -0.491 e. The molecule has 2 N–H and O–H groups in total. The first-order chi connectivity index (χ1) is 12.7. The number of ether oxygens (including phenoxy) is 1. The van der Waals surface area contributed by atoms with Crippen molar-refractivity contribution in [1.82, 2.24) is 5.32 Å². The van der Waals surface area contributed by atoms with E-state index in [9.17, 15) is 13.2 Å². The quantitative estimate of drug-likeness (QED) is 0.644. The fourth-order valence-corrected chi connectivity index (χ4v) is 3.14. The van der Waals surface area contributed by atoms with E-state index in [2.05, 4.69) is 10.0 Å². The van der Waals surface area contributed by atoms with Crippen LogP contribution in [0.15, 0.2) is 48.5 Å². The van der Waals surface area contributed by atoms with Crippen LogP contribution in [0, 0.1) is 0 Å². The third-order valence-electron chi connectivity index (χ3n) is 3.63. The standard InChI is InChI=1S/C20H26N2O4S/c1-15(2)26-19-11-4-7-16(13-19)8-6-12-21-20(23)17-9-5-10-18(14-17)22-27(3,24)25/h4-5,7,9-11,13-15,22H,6,8,12H2,1-3H3,(H,21,23). The molecule has 146 valence electrons. The number of carbonyl (C=O) groups excluding carboxylic acids is 1. The summed E-state index contributed by atoms with van der Waals surface area (Å²) in [5, 5.41) is 2.86. The molecule has 6 nitrogen and oxygen atoms in total. The molecule has 1 amide bonds. The number of benzene rings is 2. The number of amides is 1. The van der Waals surface area contributed by atoms with Crippen molar-refractivity contribution >= 4 is 21.6 Å². The van der Waals surface area contributed by atoms with Gasteiger partial charge in [0, 0.05) is 17.8 Å². The molecule has 7 heteroatoms. The molecular weight excluding hydrogens is 364 g/mol. The highest BCUT2D eigenvalue weighted by molar-refractivity contribution is 7.92. The number of hydrogen-bond donors (Lipinski definition) is 2. The van der Waals surface area contributed by atoms with Crippen LogP contribution >= 0.6 is 0 Å². The van der Waals surface area contributed by atoms with E-state index >= 15 is 0 Å². The summed E-state index contributed by atoms with van der Waals surface area (Å²) < 4.78 is 30.6. The topological polar surface area (TPSA) is 84.5 Å². The van der Waals surface area contributed by atoms with Gasteiger partial charge in [0.15, 0.2) is 0 Å². The van der Waals surface area contributed by atoms with Gasteiger partial charge in [-0.3, -0.25) is 9.52 Å². The second-order valence-electron chi connectivity index (χ2n) is 6.63. The zero-order valence-electron chi connectivity index (χ0n) is 15.9. The number of hydrogen-bond acceptors (Lipinski definition) is 4. The molecule has 27 heavy (non-hydrogen) atoms. The highest BCUT2D eigenvalue weighted by Gasteiger charge is 2.08. The molecule has 0 fully saturated rings. The molecule has 0 aliphatic carbocycles. The number of aryl methyl sites for hydroxylation is 1. The van der Waals surface area contributed by atoms with Crippen molar-refractivity contribution in [3.63, 3.8) is 0 Å². The maximum atomic E-state index is 12.2. The molecule has 0 aliphatic heterocycles. The van der Waals surface area contributed by atoms with Gasteiger partial charge in [-0.05, 0) is 62.6 Å². The monoisotopic (exact) mass is 390 g/mol. The van der Waals surface area contributed by atoms with Crippen molar-refractivity contribution in [3.8, 4) is 5.75 Å². The van der Waals surface area contributed by atoms with Gasteiger partial charge in [-0.25, -0.2) is 8.42 Å². The molecule has 0 unspecified atom stereocenters. The van der Waals surface area contributed by atoms with Gasteiger partial charge in [0.05, 0.1) is 12.4 Å².